The molecule has 0 fully saturated rings. The van der Waals surface area contributed by atoms with Crippen LogP contribution < -0.4 is 0 Å². The first kappa shape index (κ1) is 19.1. The van der Waals surface area contributed by atoms with Crippen molar-refractivity contribution >= 4 is 0 Å². The normalized spacial score (nSPS) is 11.3. The standard InChI is InChI=1S/C15H6F10/c16-6-4(7(17)11(21)14(24)10(6)20)2-1-3-5-8(18)12(22)15(25)13(23)9(5)19/h1-3H2. The van der Waals surface area contributed by atoms with Crippen LogP contribution in [0.4, 0.5) is 43.9 Å². The summed E-state index contributed by atoms with van der Waals surface area (Å²) in [5, 5.41) is 0. The van der Waals surface area contributed by atoms with E-state index in [9.17, 15) is 43.9 Å². The van der Waals surface area contributed by atoms with Gasteiger partial charge in [-0.3, -0.25) is 0 Å². The van der Waals surface area contributed by atoms with Crippen LogP contribution in [0.2, 0.25) is 0 Å². The SMILES string of the molecule is Fc1c(F)c(F)c(CCCc2c(F)c(F)c(F)c(F)c2F)c(F)c1F. The Morgan fingerprint density at radius 2 is 0.520 bits per heavy atom. The summed E-state index contributed by atoms with van der Waals surface area (Å²) in [7, 11) is 0. The Morgan fingerprint density at radius 3 is 0.760 bits per heavy atom. The Hall–Kier alpha value is -2.26. The van der Waals surface area contributed by atoms with E-state index in [1.807, 2.05) is 0 Å². The number of hydrogen-bond acceptors (Lipinski definition) is 0. The maximum Gasteiger partial charge on any atom is 0.200 e. The molecule has 25 heavy (non-hydrogen) atoms. The van der Waals surface area contributed by atoms with Gasteiger partial charge in [-0.05, 0) is 19.3 Å². The zero-order valence-electron chi connectivity index (χ0n) is 11.9. The molecule has 0 radical (unpaired) electrons. The van der Waals surface area contributed by atoms with Crippen LogP contribution >= 0.6 is 0 Å². The summed E-state index contributed by atoms with van der Waals surface area (Å²) in [6, 6.07) is 0. The Morgan fingerprint density at radius 1 is 0.320 bits per heavy atom. The zero-order valence-corrected chi connectivity index (χ0v) is 11.9. The summed E-state index contributed by atoms with van der Waals surface area (Å²) in [6.45, 7) is 0. The van der Waals surface area contributed by atoms with Crippen LogP contribution in [0.1, 0.15) is 17.5 Å². The van der Waals surface area contributed by atoms with Gasteiger partial charge in [0.25, 0.3) is 0 Å². The lowest BCUT2D eigenvalue weighted by Gasteiger charge is -2.10. The average molecular weight is 376 g/mol. The first-order valence-electron chi connectivity index (χ1n) is 6.60. The molecule has 0 nitrogen and oxygen atoms in total. The molecule has 0 saturated heterocycles. The van der Waals surface area contributed by atoms with E-state index in [-0.39, 0.29) is 0 Å². The van der Waals surface area contributed by atoms with Gasteiger partial charge in [-0.15, -0.1) is 0 Å². The van der Waals surface area contributed by atoms with Crippen LogP contribution in [0.25, 0.3) is 0 Å². The van der Waals surface area contributed by atoms with Crippen molar-refractivity contribution < 1.29 is 43.9 Å². The van der Waals surface area contributed by atoms with E-state index in [2.05, 4.69) is 0 Å². The van der Waals surface area contributed by atoms with Gasteiger partial charge in [0, 0.05) is 11.1 Å². The van der Waals surface area contributed by atoms with Gasteiger partial charge >= 0.3 is 0 Å². The van der Waals surface area contributed by atoms with Gasteiger partial charge in [0.05, 0.1) is 0 Å². The maximum absolute atomic E-state index is 13.4. The molecule has 0 N–H and O–H groups in total. The molecule has 0 bridgehead atoms. The fourth-order valence-corrected chi connectivity index (χ4v) is 2.18. The molecule has 0 aromatic heterocycles. The highest BCUT2D eigenvalue weighted by Gasteiger charge is 2.27. The second-order valence-electron chi connectivity index (χ2n) is 4.95. The molecule has 0 amide bonds. The van der Waals surface area contributed by atoms with E-state index in [0.29, 0.717) is 0 Å². The van der Waals surface area contributed by atoms with E-state index >= 15 is 0 Å². The third-order valence-corrected chi connectivity index (χ3v) is 3.45. The average Bonchev–Trinajstić information content (AvgIpc) is 2.60. The Labute approximate surface area is 133 Å². The minimum atomic E-state index is -2.38. The number of hydrogen-bond donors (Lipinski definition) is 0. The van der Waals surface area contributed by atoms with E-state index in [1.165, 1.54) is 0 Å². The lowest BCUT2D eigenvalue weighted by Crippen LogP contribution is -2.10. The molecular weight excluding hydrogens is 370 g/mol. The fourth-order valence-electron chi connectivity index (χ4n) is 2.18. The molecule has 0 heterocycles. The van der Waals surface area contributed by atoms with Crippen LogP contribution in [0, 0.1) is 58.2 Å². The molecule has 2 aromatic rings. The third-order valence-electron chi connectivity index (χ3n) is 3.45. The predicted molar refractivity (Wildman–Crippen MR) is 64.5 cm³/mol. The minimum Gasteiger partial charge on any atom is -0.203 e. The van der Waals surface area contributed by atoms with Crippen molar-refractivity contribution in [3.05, 3.63) is 69.3 Å². The van der Waals surface area contributed by atoms with Crippen LogP contribution in [0.3, 0.4) is 0 Å². The molecule has 0 unspecified atom stereocenters. The summed E-state index contributed by atoms with van der Waals surface area (Å²) < 4.78 is 131. The van der Waals surface area contributed by atoms with Gasteiger partial charge in [-0.25, -0.2) is 43.9 Å². The van der Waals surface area contributed by atoms with Gasteiger partial charge in [0.1, 0.15) is 0 Å². The summed E-state index contributed by atoms with van der Waals surface area (Å²) in [5.41, 5.74) is -2.50. The van der Waals surface area contributed by atoms with Crippen molar-refractivity contribution in [2.75, 3.05) is 0 Å². The zero-order chi connectivity index (χ0) is 19.0. The minimum absolute atomic E-state index is 0.642. The Bertz CT molecular complexity index is 716. The molecule has 2 rings (SSSR count). The van der Waals surface area contributed by atoms with Crippen molar-refractivity contribution in [1.82, 2.24) is 0 Å². The highest BCUT2D eigenvalue weighted by Crippen LogP contribution is 2.27. The van der Waals surface area contributed by atoms with Gasteiger partial charge in [0.15, 0.2) is 46.5 Å². The van der Waals surface area contributed by atoms with Gasteiger partial charge < -0.3 is 0 Å². The van der Waals surface area contributed by atoms with Gasteiger partial charge in [-0.2, -0.15) is 0 Å². The highest BCUT2D eigenvalue weighted by molar-refractivity contribution is 5.26. The number of rotatable bonds is 4. The molecule has 10 heteroatoms. The van der Waals surface area contributed by atoms with E-state index in [1.54, 1.807) is 0 Å². The van der Waals surface area contributed by atoms with E-state index in [0.717, 1.165) is 0 Å². The summed E-state index contributed by atoms with van der Waals surface area (Å²) in [5.74, 6) is -22.1. The maximum atomic E-state index is 13.4. The summed E-state index contributed by atoms with van der Waals surface area (Å²) in [4.78, 5) is 0. The molecule has 0 aliphatic heterocycles. The van der Waals surface area contributed by atoms with Crippen LogP contribution in [-0.4, -0.2) is 0 Å². The second-order valence-corrected chi connectivity index (χ2v) is 4.95. The van der Waals surface area contributed by atoms with Gasteiger partial charge in [0.2, 0.25) is 11.6 Å². The first-order valence-corrected chi connectivity index (χ1v) is 6.60. The quantitative estimate of drug-likeness (QED) is 0.388. The van der Waals surface area contributed by atoms with Crippen molar-refractivity contribution in [2.24, 2.45) is 0 Å². The van der Waals surface area contributed by atoms with Crippen molar-refractivity contribution in [3.8, 4) is 0 Å². The van der Waals surface area contributed by atoms with Crippen LogP contribution in [0.15, 0.2) is 0 Å². The fraction of sp³-hybridized carbons (Fsp3) is 0.200. The highest BCUT2D eigenvalue weighted by atomic mass is 19.2. The summed E-state index contributed by atoms with van der Waals surface area (Å²) in [6.07, 6.45) is -2.41. The van der Waals surface area contributed by atoms with Gasteiger partial charge in [-0.1, -0.05) is 0 Å². The van der Waals surface area contributed by atoms with E-state index < -0.39 is 88.6 Å². The topological polar surface area (TPSA) is 0 Å². The molecule has 0 atom stereocenters. The van der Waals surface area contributed by atoms with Crippen LogP contribution in [-0.2, 0) is 12.8 Å². The molecule has 0 spiro atoms. The van der Waals surface area contributed by atoms with Crippen molar-refractivity contribution in [1.29, 1.82) is 0 Å². The largest absolute Gasteiger partial charge is 0.203 e. The Kier molecular flexibility index (Phi) is 5.28. The molecular formula is C15H6F10. The first-order chi connectivity index (χ1) is 11.6. The monoisotopic (exact) mass is 376 g/mol. The van der Waals surface area contributed by atoms with E-state index in [4.69, 9.17) is 0 Å². The molecule has 2 aromatic carbocycles. The smallest absolute Gasteiger partial charge is 0.200 e. The lowest BCUT2D eigenvalue weighted by atomic mass is 10.0. The van der Waals surface area contributed by atoms with Crippen molar-refractivity contribution in [2.45, 2.75) is 19.3 Å². The van der Waals surface area contributed by atoms with Crippen LogP contribution in [0.5, 0.6) is 0 Å². The lowest BCUT2D eigenvalue weighted by molar-refractivity contribution is 0.365. The third kappa shape index (κ3) is 3.16. The second kappa shape index (κ2) is 6.93. The summed E-state index contributed by atoms with van der Waals surface area (Å²) >= 11 is 0. The molecule has 0 saturated carbocycles. The predicted octanol–water partition coefficient (Wildman–Crippen LogP) is 5.25. The van der Waals surface area contributed by atoms with Crippen molar-refractivity contribution in [3.63, 3.8) is 0 Å². The molecule has 0 aliphatic rings. The number of benzene rings is 2. The molecule has 136 valence electrons. The Balaban J connectivity index is 2.29. The number of halogens is 10. The molecule has 0 aliphatic carbocycles.